The maximum Gasteiger partial charge on any atom is 0.228 e. The summed E-state index contributed by atoms with van der Waals surface area (Å²) < 4.78 is 33.6. The summed E-state index contributed by atoms with van der Waals surface area (Å²) >= 11 is 0. The lowest BCUT2D eigenvalue weighted by Gasteiger charge is -2.41. The molecule has 0 radical (unpaired) electrons. The van der Waals surface area contributed by atoms with Crippen LogP contribution in [0.1, 0.15) is 68.8 Å². The summed E-state index contributed by atoms with van der Waals surface area (Å²) in [5, 5.41) is 2.87. The van der Waals surface area contributed by atoms with Gasteiger partial charge in [0.1, 0.15) is 0 Å². The molecule has 1 saturated carbocycles. The molecule has 1 aromatic carbocycles. The number of methoxy groups -OCH3 is 1. The normalized spacial score (nSPS) is 21.2. The molecular formula is C25H30F2N2O3. The molecule has 1 heterocycles. The van der Waals surface area contributed by atoms with Gasteiger partial charge in [0.2, 0.25) is 11.7 Å². The Kier molecular flexibility index (Phi) is 6.96. The first kappa shape index (κ1) is 23.8. The van der Waals surface area contributed by atoms with Crippen LogP contribution >= 0.6 is 0 Å². The van der Waals surface area contributed by atoms with Crippen molar-refractivity contribution >= 4 is 17.4 Å². The van der Waals surface area contributed by atoms with Gasteiger partial charge in [-0.25, -0.2) is 4.39 Å². The average Bonchev–Trinajstić information content (AvgIpc) is 2.74. The molecule has 172 valence electrons. The summed E-state index contributed by atoms with van der Waals surface area (Å²) in [5.41, 5.74) is 1.21. The number of rotatable bonds is 5. The first-order valence-corrected chi connectivity index (χ1v) is 10.8. The second-order valence-electron chi connectivity index (χ2n) is 9.54. The first-order valence-electron chi connectivity index (χ1n) is 10.8. The lowest BCUT2D eigenvalue weighted by molar-refractivity contribution is -0.122. The van der Waals surface area contributed by atoms with Crippen molar-refractivity contribution < 1.29 is 23.1 Å². The fourth-order valence-electron chi connectivity index (χ4n) is 4.67. The standard InChI is InChI=1S/C25H30F2N2O3/c1-14(30)19-13-28-11-10-21(19)29-24(31)17-7-6-15(25(2,3)4)12-18(17)16-8-9-20(26)22(27)23(16)32-5/h8-11,13,15,17-18H,6-7,12H2,1-5H3,(H,28,29,31). The number of nitrogens with one attached hydrogen (secondary N) is 1. The molecule has 0 aliphatic heterocycles. The summed E-state index contributed by atoms with van der Waals surface area (Å²) in [6, 6.07) is 4.18. The van der Waals surface area contributed by atoms with Crippen molar-refractivity contribution in [2.24, 2.45) is 17.3 Å². The fourth-order valence-corrected chi connectivity index (χ4v) is 4.67. The van der Waals surface area contributed by atoms with Crippen LogP contribution in [0.25, 0.3) is 0 Å². The molecular weight excluding hydrogens is 414 g/mol. The van der Waals surface area contributed by atoms with E-state index >= 15 is 0 Å². The van der Waals surface area contributed by atoms with Gasteiger partial charge in [0.15, 0.2) is 17.3 Å². The smallest absolute Gasteiger partial charge is 0.228 e. The fraction of sp³-hybridized carbons (Fsp3) is 0.480. The number of carbonyl (C=O) groups is 2. The molecule has 1 aromatic heterocycles. The number of aromatic nitrogens is 1. The molecule has 3 rings (SSSR count). The van der Waals surface area contributed by atoms with Crippen LogP contribution in [-0.2, 0) is 4.79 Å². The molecule has 1 amide bonds. The highest BCUT2D eigenvalue weighted by Gasteiger charge is 2.41. The van der Waals surface area contributed by atoms with Gasteiger partial charge in [-0.05, 0) is 55.6 Å². The zero-order valence-electron chi connectivity index (χ0n) is 19.2. The largest absolute Gasteiger partial charge is 0.493 e. The molecule has 1 fully saturated rings. The number of amides is 1. The van der Waals surface area contributed by atoms with Gasteiger partial charge in [-0.1, -0.05) is 26.8 Å². The molecule has 5 nitrogen and oxygen atoms in total. The summed E-state index contributed by atoms with van der Waals surface area (Å²) in [6.07, 6.45) is 4.98. The van der Waals surface area contributed by atoms with E-state index in [0.29, 0.717) is 35.6 Å². The lowest BCUT2D eigenvalue weighted by atomic mass is 9.63. The van der Waals surface area contributed by atoms with E-state index < -0.39 is 17.6 Å². The van der Waals surface area contributed by atoms with Gasteiger partial charge in [-0.3, -0.25) is 14.6 Å². The molecule has 7 heteroatoms. The second-order valence-corrected chi connectivity index (χ2v) is 9.54. The topological polar surface area (TPSA) is 68.3 Å². The maximum atomic E-state index is 14.5. The van der Waals surface area contributed by atoms with Gasteiger partial charge < -0.3 is 10.1 Å². The minimum absolute atomic E-state index is 0.00158. The molecule has 3 unspecified atom stereocenters. The second kappa shape index (κ2) is 9.35. The van der Waals surface area contributed by atoms with E-state index in [1.807, 2.05) is 0 Å². The van der Waals surface area contributed by atoms with Crippen LogP contribution in [0, 0.1) is 28.9 Å². The van der Waals surface area contributed by atoms with E-state index in [9.17, 15) is 18.4 Å². The van der Waals surface area contributed by atoms with E-state index in [1.165, 1.54) is 32.5 Å². The van der Waals surface area contributed by atoms with Crippen molar-refractivity contribution in [1.29, 1.82) is 0 Å². The molecule has 0 bridgehead atoms. The summed E-state index contributed by atoms with van der Waals surface area (Å²) in [4.78, 5) is 29.3. The highest BCUT2D eigenvalue weighted by atomic mass is 19.2. The maximum absolute atomic E-state index is 14.5. The molecule has 3 atom stereocenters. The van der Waals surface area contributed by atoms with Crippen molar-refractivity contribution in [2.45, 2.75) is 52.9 Å². The van der Waals surface area contributed by atoms with Crippen LogP contribution in [0.5, 0.6) is 5.75 Å². The number of pyridine rings is 1. The third kappa shape index (κ3) is 4.81. The summed E-state index contributed by atoms with van der Waals surface area (Å²) in [7, 11) is 1.30. The van der Waals surface area contributed by atoms with E-state index in [2.05, 4.69) is 31.1 Å². The van der Waals surface area contributed by atoms with Crippen LogP contribution in [0.15, 0.2) is 30.6 Å². The predicted molar refractivity (Wildman–Crippen MR) is 119 cm³/mol. The Morgan fingerprint density at radius 1 is 1.16 bits per heavy atom. The zero-order valence-corrected chi connectivity index (χ0v) is 19.2. The van der Waals surface area contributed by atoms with E-state index in [4.69, 9.17) is 4.74 Å². The first-order chi connectivity index (χ1) is 15.0. The minimum atomic E-state index is -1.05. The van der Waals surface area contributed by atoms with Gasteiger partial charge in [-0.15, -0.1) is 0 Å². The predicted octanol–water partition coefficient (Wildman–Crippen LogP) is 5.76. The molecule has 2 aromatic rings. The third-order valence-electron chi connectivity index (χ3n) is 6.55. The van der Waals surface area contributed by atoms with Crippen molar-refractivity contribution in [1.82, 2.24) is 4.98 Å². The van der Waals surface area contributed by atoms with E-state index in [-0.39, 0.29) is 28.8 Å². The Labute approximate surface area is 187 Å². The van der Waals surface area contributed by atoms with Crippen LogP contribution in [0.2, 0.25) is 0 Å². The number of ketones is 1. The number of hydrogen-bond acceptors (Lipinski definition) is 4. The molecule has 1 aliphatic rings. The van der Waals surface area contributed by atoms with Crippen LogP contribution in [-0.4, -0.2) is 23.8 Å². The Bertz CT molecular complexity index is 1020. The summed E-state index contributed by atoms with van der Waals surface area (Å²) in [6.45, 7) is 7.85. The Morgan fingerprint density at radius 3 is 2.50 bits per heavy atom. The third-order valence-corrected chi connectivity index (χ3v) is 6.55. The number of Topliss-reactive ketones (excluding diaryl/α,β-unsaturated/α-hetero) is 1. The molecule has 0 saturated heterocycles. The number of nitrogens with zero attached hydrogens (tertiary/aromatic N) is 1. The molecule has 1 N–H and O–H groups in total. The van der Waals surface area contributed by atoms with E-state index in [0.717, 1.165) is 12.5 Å². The molecule has 0 spiro atoms. The average molecular weight is 445 g/mol. The van der Waals surface area contributed by atoms with Crippen molar-refractivity contribution in [2.75, 3.05) is 12.4 Å². The van der Waals surface area contributed by atoms with Gasteiger partial charge in [-0.2, -0.15) is 4.39 Å². The molecule has 32 heavy (non-hydrogen) atoms. The van der Waals surface area contributed by atoms with Crippen LogP contribution in [0.4, 0.5) is 14.5 Å². The highest BCUT2D eigenvalue weighted by molar-refractivity contribution is 6.04. The van der Waals surface area contributed by atoms with Crippen molar-refractivity contribution in [3.63, 3.8) is 0 Å². The minimum Gasteiger partial charge on any atom is -0.493 e. The number of carbonyl (C=O) groups excluding carboxylic acids is 2. The summed E-state index contributed by atoms with van der Waals surface area (Å²) in [5.74, 6) is -3.21. The highest BCUT2D eigenvalue weighted by Crippen LogP contribution is 2.49. The number of benzene rings is 1. The van der Waals surface area contributed by atoms with Crippen molar-refractivity contribution in [3.05, 3.63) is 53.4 Å². The van der Waals surface area contributed by atoms with Crippen LogP contribution < -0.4 is 10.1 Å². The monoisotopic (exact) mass is 444 g/mol. The number of anilines is 1. The Balaban J connectivity index is 2.00. The number of hydrogen-bond donors (Lipinski definition) is 1. The zero-order chi connectivity index (χ0) is 23.6. The Morgan fingerprint density at radius 2 is 1.88 bits per heavy atom. The van der Waals surface area contributed by atoms with Gasteiger partial charge >= 0.3 is 0 Å². The van der Waals surface area contributed by atoms with Gasteiger partial charge in [0, 0.05) is 23.9 Å². The van der Waals surface area contributed by atoms with Gasteiger partial charge in [0.25, 0.3) is 0 Å². The van der Waals surface area contributed by atoms with E-state index in [1.54, 1.807) is 6.07 Å². The molecule has 1 aliphatic carbocycles. The van der Waals surface area contributed by atoms with Crippen LogP contribution in [0.3, 0.4) is 0 Å². The SMILES string of the molecule is COc1c(C2CC(C(C)(C)C)CCC2C(=O)Nc2ccncc2C(C)=O)ccc(F)c1F. The lowest BCUT2D eigenvalue weighted by Crippen LogP contribution is -2.37. The number of halogens is 2. The van der Waals surface area contributed by atoms with Gasteiger partial charge in [0.05, 0.1) is 18.4 Å². The Hall–Kier alpha value is -2.83. The van der Waals surface area contributed by atoms with Crippen molar-refractivity contribution in [3.8, 4) is 5.75 Å². The number of ether oxygens (including phenoxy) is 1. The quantitative estimate of drug-likeness (QED) is 0.596.